The van der Waals surface area contributed by atoms with Crippen LogP contribution in [0.2, 0.25) is 0 Å². The number of ether oxygens (including phenoxy) is 3. The summed E-state index contributed by atoms with van der Waals surface area (Å²) in [6.45, 7) is 1.31. The summed E-state index contributed by atoms with van der Waals surface area (Å²) >= 11 is 0. The van der Waals surface area contributed by atoms with E-state index in [1.807, 2.05) is 17.0 Å². The number of methoxy groups -OCH3 is 2. The van der Waals surface area contributed by atoms with Crippen molar-refractivity contribution in [3.63, 3.8) is 0 Å². The van der Waals surface area contributed by atoms with Gasteiger partial charge in [0.1, 0.15) is 23.4 Å². The largest absolute Gasteiger partial charge is 0.497 e. The van der Waals surface area contributed by atoms with Crippen molar-refractivity contribution in [2.75, 3.05) is 27.3 Å². The van der Waals surface area contributed by atoms with E-state index in [-0.39, 0.29) is 12.0 Å². The molecule has 1 saturated heterocycles. The highest BCUT2D eigenvalue weighted by atomic mass is 16.5. The van der Waals surface area contributed by atoms with Crippen LogP contribution in [0.25, 0.3) is 0 Å². The van der Waals surface area contributed by atoms with E-state index in [0.29, 0.717) is 30.2 Å². The first-order chi connectivity index (χ1) is 12.2. The number of piperidine rings is 1. The molecule has 1 aliphatic rings. The van der Waals surface area contributed by atoms with Crippen molar-refractivity contribution in [2.24, 2.45) is 0 Å². The van der Waals surface area contributed by atoms with Crippen molar-refractivity contribution in [1.29, 1.82) is 0 Å². The van der Waals surface area contributed by atoms with Crippen LogP contribution in [0.4, 0.5) is 0 Å². The molecule has 25 heavy (non-hydrogen) atoms. The van der Waals surface area contributed by atoms with E-state index in [9.17, 15) is 4.79 Å². The number of hydrogen-bond acceptors (Lipinski definition) is 5. The highest BCUT2D eigenvalue weighted by Gasteiger charge is 2.25. The molecular formula is C19H22N2O4. The lowest BCUT2D eigenvalue weighted by Gasteiger charge is -2.32. The van der Waals surface area contributed by atoms with Crippen LogP contribution in [-0.2, 0) is 0 Å². The number of rotatable bonds is 5. The zero-order chi connectivity index (χ0) is 17.6. The van der Waals surface area contributed by atoms with Gasteiger partial charge in [-0.15, -0.1) is 0 Å². The molecule has 1 fully saturated rings. The van der Waals surface area contributed by atoms with Gasteiger partial charge in [0.2, 0.25) is 0 Å². The number of aromatic nitrogens is 1. The van der Waals surface area contributed by atoms with Crippen molar-refractivity contribution < 1.29 is 19.0 Å². The average molecular weight is 342 g/mol. The molecule has 0 N–H and O–H groups in total. The molecule has 0 radical (unpaired) electrons. The van der Waals surface area contributed by atoms with Crippen LogP contribution in [-0.4, -0.2) is 49.2 Å². The molecule has 1 aromatic heterocycles. The fourth-order valence-corrected chi connectivity index (χ4v) is 2.90. The van der Waals surface area contributed by atoms with E-state index in [4.69, 9.17) is 14.2 Å². The Morgan fingerprint density at radius 2 is 1.76 bits per heavy atom. The van der Waals surface area contributed by atoms with Crippen LogP contribution in [0.3, 0.4) is 0 Å². The van der Waals surface area contributed by atoms with Crippen LogP contribution in [0, 0.1) is 0 Å². The van der Waals surface area contributed by atoms with Crippen molar-refractivity contribution >= 4 is 5.91 Å². The quantitative estimate of drug-likeness (QED) is 0.836. The van der Waals surface area contributed by atoms with Gasteiger partial charge in [0.25, 0.3) is 5.91 Å². The highest BCUT2D eigenvalue weighted by molar-refractivity contribution is 5.95. The Labute approximate surface area is 147 Å². The van der Waals surface area contributed by atoms with Crippen molar-refractivity contribution in [3.8, 4) is 17.2 Å². The first-order valence-electron chi connectivity index (χ1n) is 8.28. The predicted octanol–water partition coefficient (Wildman–Crippen LogP) is 2.78. The number of nitrogens with zero attached hydrogens (tertiary/aromatic N) is 2. The number of amides is 1. The maximum absolute atomic E-state index is 12.8. The van der Waals surface area contributed by atoms with Gasteiger partial charge in [0.15, 0.2) is 0 Å². The summed E-state index contributed by atoms with van der Waals surface area (Å²) in [5, 5.41) is 0. The average Bonchev–Trinajstić information content (AvgIpc) is 2.68. The van der Waals surface area contributed by atoms with Gasteiger partial charge in [0.05, 0.1) is 20.4 Å². The molecule has 0 unspecified atom stereocenters. The maximum atomic E-state index is 12.8. The van der Waals surface area contributed by atoms with Gasteiger partial charge in [0, 0.05) is 43.8 Å². The van der Waals surface area contributed by atoms with Crippen LogP contribution >= 0.6 is 0 Å². The van der Waals surface area contributed by atoms with Gasteiger partial charge in [-0.2, -0.15) is 0 Å². The first kappa shape index (κ1) is 17.1. The molecule has 2 heterocycles. The lowest BCUT2D eigenvalue weighted by molar-refractivity contribution is 0.0594. The van der Waals surface area contributed by atoms with Crippen LogP contribution in [0.15, 0.2) is 42.7 Å². The Morgan fingerprint density at radius 1 is 1.08 bits per heavy atom. The van der Waals surface area contributed by atoms with Crippen molar-refractivity contribution in [3.05, 3.63) is 48.3 Å². The number of carbonyl (C=O) groups is 1. The zero-order valence-corrected chi connectivity index (χ0v) is 14.5. The van der Waals surface area contributed by atoms with Gasteiger partial charge in [-0.25, -0.2) is 0 Å². The van der Waals surface area contributed by atoms with Gasteiger partial charge < -0.3 is 19.1 Å². The van der Waals surface area contributed by atoms with Crippen LogP contribution in [0.5, 0.6) is 17.2 Å². The molecule has 6 nitrogen and oxygen atoms in total. The summed E-state index contributed by atoms with van der Waals surface area (Å²) in [5.41, 5.74) is 0.572. The highest BCUT2D eigenvalue weighted by Crippen LogP contribution is 2.25. The van der Waals surface area contributed by atoms with Gasteiger partial charge in [-0.05, 0) is 24.3 Å². The molecule has 0 atom stereocenters. The number of pyridine rings is 1. The molecule has 0 bridgehead atoms. The van der Waals surface area contributed by atoms with E-state index >= 15 is 0 Å². The number of benzene rings is 1. The molecule has 0 saturated carbocycles. The van der Waals surface area contributed by atoms with E-state index in [1.54, 1.807) is 44.8 Å². The summed E-state index contributed by atoms with van der Waals surface area (Å²) < 4.78 is 16.4. The standard InChI is InChI=1S/C19H22N2O4/c1-23-17-10-14(11-18(12-17)24-2)19(22)21-8-5-15(6-9-21)25-16-4-3-7-20-13-16/h3-4,7,10-13,15H,5-6,8-9H2,1-2H3. The Balaban J connectivity index is 1.62. The molecule has 3 rings (SSSR count). The predicted molar refractivity (Wildman–Crippen MR) is 93.3 cm³/mol. The fourth-order valence-electron chi connectivity index (χ4n) is 2.90. The summed E-state index contributed by atoms with van der Waals surface area (Å²) in [6.07, 6.45) is 5.12. The van der Waals surface area contributed by atoms with Crippen LogP contribution in [0.1, 0.15) is 23.2 Å². The minimum absolute atomic E-state index is 0.0166. The molecule has 6 heteroatoms. The van der Waals surface area contributed by atoms with Crippen molar-refractivity contribution in [1.82, 2.24) is 9.88 Å². The molecule has 1 aromatic carbocycles. The van der Waals surface area contributed by atoms with E-state index < -0.39 is 0 Å². The third kappa shape index (κ3) is 4.21. The smallest absolute Gasteiger partial charge is 0.254 e. The topological polar surface area (TPSA) is 60.9 Å². The summed E-state index contributed by atoms with van der Waals surface area (Å²) in [6, 6.07) is 8.98. The molecule has 132 valence electrons. The van der Waals surface area contributed by atoms with Gasteiger partial charge in [-0.3, -0.25) is 9.78 Å². The van der Waals surface area contributed by atoms with Gasteiger partial charge in [-0.1, -0.05) is 0 Å². The third-order valence-electron chi connectivity index (χ3n) is 4.26. The lowest BCUT2D eigenvalue weighted by Crippen LogP contribution is -2.41. The van der Waals surface area contributed by atoms with E-state index in [2.05, 4.69) is 4.98 Å². The molecule has 0 aliphatic carbocycles. The Morgan fingerprint density at radius 3 is 2.32 bits per heavy atom. The Bertz CT molecular complexity index is 690. The van der Waals surface area contributed by atoms with E-state index in [0.717, 1.165) is 18.6 Å². The second-order valence-electron chi connectivity index (χ2n) is 5.90. The minimum Gasteiger partial charge on any atom is -0.497 e. The Hall–Kier alpha value is -2.76. The number of likely N-dealkylation sites (tertiary alicyclic amines) is 1. The number of hydrogen-bond donors (Lipinski definition) is 0. The SMILES string of the molecule is COc1cc(OC)cc(C(=O)N2CCC(Oc3cccnc3)CC2)c1. The monoisotopic (exact) mass is 342 g/mol. The third-order valence-corrected chi connectivity index (χ3v) is 4.26. The van der Waals surface area contributed by atoms with E-state index in [1.165, 1.54) is 0 Å². The van der Waals surface area contributed by atoms with Crippen LogP contribution < -0.4 is 14.2 Å². The maximum Gasteiger partial charge on any atom is 0.254 e. The zero-order valence-electron chi connectivity index (χ0n) is 14.5. The van der Waals surface area contributed by atoms with Crippen molar-refractivity contribution in [2.45, 2.75) is 18.9 Å². The summed E-state index contributed by atoms with van der Waals surface area (Å²) in [5.74, 6) is 1.97. The Kier molecular flexibility index (Phi) is 5.38. The molecule has 2 aromatic rings. The minimum atomic E-state index is -0.0166. The molecule has 0 spiro atoms. The summed E-state index contributed by atoms with van der Waals surface area (Å²) in [7, 11) is 3.15. The fraction of sp³-hybridized carbons (Fsp3) is 0.368. The number of carbonyl (C=O) groups excluding carboxylic acids is 1. The molecule has 1 amide bonds. The molecular weight excluding hydrogens is 320 g/mol. The van der Waals surface area contributed by atoms with Gasteiger partial charge >= 0.3 is 0 Å². The molecule has 1 aliphatic heterocycles. The lowest BCUT2D eigenvalue weighted by atomic mass is 10.1. The summed E-state index contributed by atoms with van der Waals surface area (Å²) in [4.78, 5) is 18.7. The normalized spacial score (nSPS) is 14.9. The second kappa shape index (κ2) is 7.88. The second-order valence-corrected chi connectivity index (χ2v) is 5.90. The first-order valence-corrected chi connectivity index (χ1v) is 8.28.